The average Bonchev–Trinajstić information content (AvgIpc) is 2.36. The van der Waals surface area contributed by atoms with E-state index in [1.165, 1.54) is 0 Å². The van der Waals surface area contributed by atoms with Gasteiger partial charge in [-0.3, -0.25) is 9.69 Å². The van der Waals surface area contributed by atoms with Gasteiger partial charge in [-0.1, -0.05) is 22.0 Å². The number of ether oxygens (including phenoxy) is 1. The van der Waals surface area contributed by atoms with Crippen LogP contribution in [0.15, 0.2) is 28.7 Å². The molecule has 0 unspecified atom stereocenters. The fourth-order valence-corrected chi connectivity index (χ4v) is 2.91. The van der Waals surface area contributed by atoms with E-state index in [0.717, 1.165) is 23.2 Å². The molecular formula is C15H21BrN2O2. The lowest BCUT2D eigenvalue weighted by molar-refractivity contribution is -0.126. The highest BCUT2D eigenvalue weighted by Crippen LogP contribution is 2.18. The number of hydrogen-bond donors (Lipinski definition) is 1. The Balaban J connectivity index is 1.98. The molecule has 0 aromatic heterocycles. The summed E-state index contributed by atoms with van der Waals surface area (Å²) in [5, 5.41) is 2.96. The molecule has 0 radical (unpaired) electrons. The van der Waals surface area contributed by atoms with Crippen LogP contribution in [0.25, 0.3) is 0 Å². The highest BCUT2D eigenvalue weighted by molar-refractivity contribution is 9.10. The molecule has 1 aromatic carbocycles. The number of hydrogen-bond acceptors (Lipinski definition) is 3. The number of rotatable bonds is 3. The van der Waals surface area contributed by atoms with Gasteiger partial charge in [0.05, 0.1) is 18.2 Å². The van der Waals surface area contributed by atoms with Crippen molar-refractivity contribution in [3.8, 4) is 0 Å². The van der Waals surface area contributed by atoms with Crippen molar-refractivity contribution in [3.05, 3.63) is 28.7 Å². The van der Waals surface area contributed by atoms with Crippen molar-refractivity contribution in [3.63, 3.8) is 0 Å². The van der Waals surface area contributed by atoms with E-state index < -0.39 is 0 Å². The van der Waals surface area contributed by atoms with E-state index in [1.807, 2.05) is 45.0 Å². The number of halogens is 1. The topological polar surface area (TPSA) is 41.6 Å². The van der Waals surface area contributed by atoms with Crippen LogP contribution in [-0.4, -0.2) is 42.1 Å². The second-order valence-corrected chi connectivity index (χ2v) is 6.30. The third-order valence-electron chi connectivity index (χ3n) is 3.47. The number of nitrogens with zero attached hydrogens (tertiary/aromatic N) is 1. The molecule has 1 amide bonds. The minimum atomic E-state index is -0.164. The molecule has 0 aliphatic carbocycles. The third kappa shape index (κ3) is 4.04. The van der Waals surface area contributed by atoms with Gasteiger partial charge in [0, 0.05) is 23.2 Å². The maximum atomic E-state index is 12.3. The van der Waals surface area contributed by atoms with Crippen LogP contribution in [0.3, 0.4) is 0 Å². The number of nitrogens with one attached hydrogen (secondary N) is 1. The predicted octanol–water partition coefficient (Wildman–Crippen LogP) is 2.89. The molecule has 1 aliphatic rings. The number of morpholine rings is 1. The maximum absolute atomic E-state index is 12.3. The van der Waals surface area contributed by atoms with Crippen LogP contribution in [0.1, 0.15) is 20.8 Å². The maximum Gasteiger partial charge on any atom is 0.241 e. The van der Waals surface area contributed by atoms with Gasteiger partial charge in [0.1, 0.15) is 0 Å². The summed E-state index contributed by atoms with van der Waals surface area (Å²) in [4.78, 5) is 14.5. The van der Waals surface area contributed by atoms with Crippen LogP contribution >= 0.6 is 15.9 Å². The molecule has 1 N–H and O–H groups in total. The summed E-state index contributed by atoms with van der Waals surface area (Å²) in [6.07, 6.45) is 0.333. The Bertz CT molecular complexity index is 471. The minimum Gasteiger partial charge on any atom is -0.373 e. The summed E-state index contributed by atoms with van der Waals surface area (Å²) in [5.74, 6) is 0.0180. The van der Waals surface area contributed by atoms with Gasteiger partial charge < -0.3 is 10.1 Å². The zero-order chi connectivity index (χ0) is 14.7. The summed E-state index contributed by atoms with van der Waals surface area (Å²) >= 11 is 3.40. The Morgan fingerprint density at radius 1 is 1.40 bits per heavy atom. The van der Waals surface area contributed by atoms with Gasteiger partial charge in [-0.25, -0.2) is 0 Å². The zero-order valence-corrected chi connectivity index (χ0v) is 13.7. The van der Waals surface area contributed by atoms with E-state index in [0.29, 0.717) is 0 Å². The molecule has 1 aromatic rings. The standard InChI is InChI=1S/C15H21BrN2O2/c1-10-8-18(9-11(2)20-10)12(3)15(19)17-14-6-4-5-13(16)7-14/h4-7,10-12H,8-9H2,1-3H3,(H,17,19)/t10-,11-,12-/m0/s1. The largest absolute Gasteiger partial charge is 0.373 e. The van der Waals surface area contributed by atoms with Crippen molar-refractivity contribution in [1.82, 2.24) is 4.90 Å². The number of carbonyl (C=O) groups excluding carboxylic acids is 1. The Labute approximate surface area is 128 Å². The second kappa shape index (κ2) is 6.70. The molecule has 1 heterocycles. The lowest BCUT2D eigenvalue weighted by Crippen LogP contribution is -2.52. The molecular weight excluding hydrogens is 320 g/mol. The average molecular weight is 341 g/mol. The monoisotopic (exact) mass is 340 g/mol. The molecule has 1 fully saturated rings. The first kappa shape index (κ1) is 15.5. The molecule has 5 heteroatoms. The lowest BCUT2D eigenvalue weighted by Gasteiger charge is -2.38. The van der Waals surface area contributed by atoms with E-state index in [1.54, 1.807) is 0 Å². The first-order valence-electron chi connectivity index (χ1n) is 6.91. The predicted molar refractivity (Wildman–Crippen MR) is 83.8 cm³/mol. The summed E-state index contributed by atoms with van der Waals surface area (Å²) in [7, 11) is 0. The van der Waals surface area contributed by atoms with E-state index in [4.69, 9.17) is 4.74 Å². The Hall–Kier alpha value is -0.910. The Morgan fingerprint density at radius 2 is 2.05 bits per heavy atom. The van der Waals surface area contributed by atoms with Gasteiger partial charge >= 0.3 is 0 Å². The number of anilines is 1. The molecule has 1 aliphatic heterocycles. The van der Waals surface area contributed by atoms with Crippen molar-refractivity contribution in [2.75, 3.05) is 18.4 Å². The fourth-order valence-electron chi connectivity index (χ4n) is 2.51. The summed E-state index contributed by atoms with van der Waals surface area (Å²) in [6, 6.07) is 7.46. The molecule has 0 bridgehead atoms. The summed E-state index contributed by atoms with van der Waals surface area (Å²) in [6.45, 7) is 7.61. The molecule has 3 atom stereocenters. The molecule has 4 nitrogen and oxygen atoms in total. The minimum absolute atomic E-state index is 0.0180. The first-order chi connectivity index (χ1) is 9.45. The van der Waals surface area contributed by atoms with Crippen molar-refractivity contribution >= 4 is 27.5 Å². The van der Waals surface area contributed by atoms with Crippen LogP contribution in [0, 0.1) is 0 Å². The Morgan fingerprint density at radius 3 is 2.65 bits per heavy atom. The number of amides is 1. The SMILES string of the molecule is C[C@H]1CN([C@@H](C)C(=O)Nc2cccc(Br)c2)C[C@H](C)O1. The first-order valence-corrected chi connectivity index (χ1v) is 7.71. The van der Waals surface area contributed by atoms with Gasteiger partial charge in [0.15, 0.2) is 0 Å². The molecule has 110 valence electrons. The van der Waals surface area contributed by atoms with Gasteiger partial charge in [-0.15, -0.1) is 0 Å². The van der Waals surface area contributed by atoms with Crippen LogP contribution < -0.4 is 5.32 Å². The van der Waals surface area contributed by atoms with Crippen LogP contribution in [0.4, 0.5) is 5.69 Å². The zero-order valence-electron chi connectivity index (χ0n) is 12.1. The highest BCUT2D eigenvalue weighted by Gasteiger charge is 2.29. The van der Waals surface area contributed by atoms with E-state index in [9.17, 15) is 4.79 Å². The second-order valence-electron chi connectivity index (χ2n) is 5.39. The quantitative estimate of drug-likeness (QED) is 0.919. The van der Waals surface area contributed by atoms with E-state index >= 15 is 0 Å². The van der Waals surface area contributed by atoms with Crippen molar-refractivity contribution < 1.29 is 9.53 Å². The van der Waals surface area contributed by atoms with Gasteiger partial charge in [-0.05, 0) is 39.0 Å². The van der Waals surface area contributed by atoms with Crippen LogP contribution in [-0.2, 0) is 9.53 Å². The van der Waals surface area contributed by atoms with Gasteiger partial charge in [0.2, 0.25) is 5.91 Å². The van der Waals surface area contributed by atoms with Crippen molar-refractivity contribution in [2.45, 2.75) is 39.0 Å². The highest BCUT2D eigenvalue weighted by atomic mass is 79.9. The number of benzene rings is 1. The lowest BCUT2D eigenvalue weighted by atomic mass is 10.1. The molecule has 0 spiro atoms. The summed E-state index contributed by atoms with van der Waals surface area (Å²) < 4.78 is 6.66. The molecule has 1 saturated heterocycles. The van der Waals surface area contributed by atoms with Crippen molar-refractivity contribution in [1.29, 1.82) is 0 Å². The molecule has 2 rings (SSSR count). The molecule has 20 heavy (non-hydrogen) atoms. The van der Waals surface area contributed by atoms with Gasteiger partial charge in [-0.2, -0.15) is 0 Å². The van der Waals surface area contributed by atoms with Crippen LogP contribution in [0.5, 0.6) is 0 Å². The summed E-state index contributed by atoms with van der Waals surface area (Å²) in [5.41, 5.74) is 0.811. The van der Waals surface area contributed by atoms with Crippen LogP contribution in [0.2, 0.25) is 0 Å². The van der Waals surface area contributed by atoms with Gasteiger partial charge in [0.25, 0.3) is 0 Å². The van der Waals surface area contributed by atoms with Crippen molar-refractivity contribution in [2.24, 2.45) is 0 Å². The number of carbonyl (C=O) groups is 1. The normalized spacial score (nSPS) is 25.2. The van der Waals surface area contributed by atoms with E-state index in [2.05, 4.69) is 26.1 Å². The third-order valence-corrected chi connectivity index (χ3v) is 3.96. The van der Waals surface area contributed by atoms with E-state index in [-0.39, 0.29) is 24.2 Å². The Kier molecular flexibility index (Phi) is 5.18. The fraction of sp³-hybridized carbons (Fsp3) is 0.533. The smallest absolute Gasteiger partial charge is 0.241 e. The molecule has 0 saturated carbocycles.